The number of aliphatic carboxylic acids is 1. The average Bonchev–Trinajstić information content (AvgIpc) is 2.97. The summed E-state index contributed by atoms with van der Waals surface area (Å²) in [5.41, 5.74) is -0.0361. The largest absolute Gasteiger partial charge is 0.481 e. The van der Waals surface area contributed by atoms with Gasteiger partial charge in [-0.05, 0) is 111 Å². The lowest BCUT2D eigenvalue weighted by Gasteiger charge is -2.74. The molecule has 6 aliphatic rings. The number of carbonyl (C=O) groups is 1. The fourth-order valence-corrected chi connectivity index (χ4v) is 11.9. The summed E-state index contributed by atoms with van der Waals surface area (Å²) in [5, 5.41) is 32.4. The maximum absolute atomic E-state index is 12.3. The first-order valence-electron chi connectivity index (χ1n) is 14.4. The van der Waals surface area contributed by atoms with E-state index < -0.39 is 23.3 Å². The molecule has 0 amide bonds. The fraction of sp³-hybridized carbons (Fsp3) is 0.967. The number of carboxylic acids is 1. The van der Waals surface area contributed by atoms with Crippen LogP contribution < -0.4 is 0 Å². The van der Waals surface area contributed by atoms with E-state index >= 15 is 0 Å². The number of hydrogen-bond acceptors (Lipinski definition) is 4. The van der Waals surface area contributed by atoms with E-state index in [9.17, 15) is 20.1 Å². The predicted molar refractivity (Wildman–Crippen MR) is 133 cm³/mol. The molecule has 0 radical (unpaired) electrons. The van der Waals surface area contributed by atoms with Gasteiger partial charge >= 0.3 is 5.97 Å². The van der Waals surface area contributed by atoms with Crippen LogP contribution in [0.3, 0.4) is 0 Å². The average molecular weight is 489 g/mol. The summed E-state index contributed by atoms with van der Waals surface area (Å²) in [4.78, 5) is 12.3. The normalized spacial score (nSPS) is 63.4. The zero-order valence-corrected chi connectivity index (χ0v) is 22.8. The zero-order chi connectivity index (χ0) is 25.4. The monoisotopic (exact) mass is 488 g/mol. The van der Waals surface area contributed by atoms with Crippen molar-refractivity contribution < 1.29 is 24.9 Å². The minimum absolute atomic E-state index is 0.0424. The quantitative estimate of drug-likeness (QED) is 0.446. The van der Waals surface area contributed by atoms with Crippen LogP contribution >= 0.6 is 0 Å². The molecule has 1 aliphatic heterocycles. The minimum Gasteiger partial charge on any atom is -0.481 e. The highest BCUT2D eigenvalue weighted by atomic mass is 16.6. The summed E-state index contributed by atoms with van der Waals surface area (Å²) in [5.74, 6) is -0.714. The van der Waals surface area contributed by atoms with E-state index in [-0.39, 0.29) is 33.0 Å². The first-order valence-corrected chi connectivity index (χ1v) is 14.4. The van der Waals surface area contributed by atoms with E-state index in [4.69, 9.17) is 4.74 Å². The van der Waals surface area contributed by atoms with Crippen molar-refractivity contribution in [2.24, 2.45) is 56.2 Å². The molecule has 5 heteroatoms. The fourth-order valence-electron chi connectivity index (χ4n) is 11.9. The summed E-state index contributed by atoms with van der Waals surface area (Å²) in [7, 11) is 0. The van der Waals surface area contributed by atoms with Crippen molar-refractivity contribution in [1.29, 1.82) is 0 Å². The molecule has 5 saturated carbocycles. The van der Waals surface area contributed by atoms with E-state index in [0.717, 1.165) is 44.9 Å². The SMILES string of the molecule is C[C@H]1C2(O)OC[C@]13CC[C@H]1[C@@](C)(CC[C@@]4(C)[C@@H]5C[C@](C)(C(=O)O)CC[C@]5(C)CC[C@]14C)[C@@H]3C[C@H]2O. The molecule has 6 fully saturated rings. The van der Waals surface area contributed by atoms with Crippen molar-refractivity contribution in [3.8, 4) is 0 Å². The van der Waals surface area contributed by atoms with E-state index in [0.29, 0.717) is 30.8 Å². The molecule has 1 saturated heterocycles. The zero-order valence-electron chi connectivity index (χ0n) is 22.8. The molecule has 35 heavy (non-hydrogen) atoms. The van der Waals surface area contributed by atoms with Gasteiger partial charge in [-0.3, -0.25) is 4.79 Å². The summed E-state index contributed by atoms with van der Waals surface area (Å²) in [6, 6.07) is 0. The van der Waals surface area contributed by atoms with Gasteiger partial charge in [-0.1, -0.05) is 34.6 Å². The highest BCUT2D eigenvalue weighted by molar-refractivity contribution is 5.74. The number of aliphatic hydroxyl groups excluding tert-OH is 1. The molecule has 1 heterocycles. The maximum atomic E-state index is 12.3. The highest BCUT2D eigenvalue weighted by Gasteiger charge is 2.75. The number of carboxylic acid groups (broad SMARTS) is 1. The van der Waals surface area contributed by atoms with Gasteiger partial charge in [0.05, 0.1) is 12.0 Å². The van der Waals surface area contributed by atoms with Crippen molar-refractivity contribution >= 4 is 5.97 Å². The lowest BCUT2D eigenvalue weighted by atomic mass is 9.30. The lowest BCUT2D eigenvalue weighted by Crippen LogP contribution is -2.69. The van der Waals surface area contributed by atoms with Crippen LogP contribution in [0.2, 0.25) is 0 Å². The van der Waals surface area contributed by atoms with Gasteiger partial charge < -0.3 is 20.1 Å². The Labute approximate surface area is 211 Å². The Morgan fingerprint density at radius 3 is 2.17 bits per heavy atom. The van der Waals surface area contributed by atoms with Gasteiger partial charge in [-0.2, -0.15) is 0 Å². The Morgan fingerprint density at radius 2 is 1.49 bits per heavy atom. The van der Waals surface area contributed by atoms with Crippen LogP contribution in [0.1, 0.15) is 106 Å². The van der Waals surface area contributed by atoms with Crippen LogP contribution in [0.15, 0.2) is 0 Å². The summed E-state index contributed by atoms with van der Waals surface area (Å²) >= 11 is 0. The molecule has 0 aromatic heterocycles. The Morgan fingerprint density at radius 1 is 0.857 bits per heavy atom. The Balaban J connectivity index is 1.40. The van der Waals surface area contributed by atoms with E-state index in [1.807, 2.05) is 6.92 Å². The standard InChI is InChI=1S/C30H48O5/c1-18-29-8-7-19-26(4,20(29)15-22(31)30(18,34)35-17-29)12-14-28(6)21-16-25(3,23(32)33)10-9-24(21,2)11-13-27(19,28)5/h18-22,31,34H,7-17H2,1-6H3,(H,32,33)/t18-,19+,20+,21-,22-,24-,25-,26-,27-,28+,29-,30?/m1/s1. The van der Waals surface area contributed by atoms with Gasteiger partial charge in [0, 0.05) is 11.3 Å². The molecule has 5 nitrogen and oxygen atoms in total. The van der Waals surface area contributed by atoms with Crippen LogP contribution in [0.4, 0.5) is 0 Å². The molecule has 0 aromatic rings. The van der Waals surface area contributed by atoms with Crippen molar-refractivity contribution in [1.82, 2.24) is 0 Å². The third-order valence-corrected chi connectivity index (χ3v) is 14.7. The molecule has 198 valence electrons. The Kier molecular flexibility index (Phi) is 4.83. The summed E-state index contributed by atoms with van der Waals surface area (Å²) in [6.45, 7) is 14.7. The third-order valence-electron chi connectivity index (χ3n) is 14.7. The van der Waals surface area contributed by atoms with Crippen molar-refractivity contribution in [3.63, 3.8) is 0 Å². The number of ether oxygens (including phenoxy) is 1. The van der Waals surface area contributed by atoms with E-state index in [1.54, 1.807) is 0 Å². The number of rotatable bonds is 1. The molecular formula is C30H48O5. The van der Waals surface area contributed by atoms with Crippen LogP contribution in [0, 0.1) is 56.2 Å². The lowest BCUT2D eigenvalue weighted by molar-refractivity contribution is -0.291. The minimum atomic E-state index is -1.39. The second-order valence-corrected chi connectivity index (χ2v) is 15.5. The Hall–Kier alpha value is -0.650. The van der Waals surface area contributed by atoms with Gasteiger partial charge in [0.2, 0.25) is 0 Å². The van der Waals surface area contributed by atoms with Crippen molar-refractivity contribution in [2.45, 2.75) is 118 Å². The van der Waals surface area contributed by atoms with Gasteiger partial charge in [-0.15, -0.1) is 0 Å². The number of hydrogen-bond donors (Lipinski definition) is 3. The first kappa shape index (κ1) is 24.7. The predicted octanol–water partition coefficient (Wildman–Crippen LogP) is 5.62. The second kappa shape index (κ2) is 6.86. The third kappa shape index (κ3) is 2.64. The van der Waals surface area contributed by atoms with Gasteiger partial charge in [-0.25, -0.2) is 0 Å². The van der Waals surface area contributed by atoms with Gasteiger partial charge in [0.25, 0.3) is 0 Å². The summed E-state index contributed by atoms with van der Waals surface area (Å²) in [6.07, 6.45) is 9.34. The molecule has 3 N–H and O–H groups in total. The first-order chi connectivity index (χ1) is 16.1. The number of aliphatic hydroxyl groups is 2. The Bertz CT molecular complexity index is 951. The molecule has 12 atom stereocenters. The topological polar surface area (TPSA) is 87.0 Å². The molecule has 1 spiro atoms. The summed E-state index contributed by atoms with van der Waals surface area (Å²) < 4.78 is 6.00. The van der Waals surface area contributed by atoms with Crippen LogP contribution in [0.25, 0.3) is 0 Å². The number of fused-ring (bicyclic) bond motifs is 7. The molecule has 1 unspecified atom stereocenters. The van der Waals surface area contributed by atoms with Crippen LogP contribution in [-0.4, -0.2) is 39.8 Å². The highest BCUT2D eigenvalue weighted by Crippen LogP contribution is 2.79. The molecule has 0 aromatic carbocycles. The van der Waals surface area contributed by atoms with Crippen LogP contribution in [-0.2, 0) is 9.53 Å². The molecule has 5 aliphatic carbocycles. The van der Waals surface area contributed by atoms with E-state index in [2.05, 4.69) is 34.6 Å². The van der Waals surface area contributed by atoms with Gasteiger partial charge in [0.15, 0.2) is 5.79 Å². The second-order valence-electron chi connectivity index (χ2n) is 15.5. The van der Waals surface area contributed by atoms with Crippen molar-refractivity contribution in [3.05, 3.63) is 0 Å². The maximum Gasteiger partial charge on any atom is 0.309 e. The smallest absolute Gasteiger partial charge is 0.309 e. The van der Waals surface area contributed by atoms with Gasteiger partial charge in [0.1, 0.15) is 6.10 Å². The molecule has 2 bridgehead atoms. The van der Waals surface area contributed by atoms with Crippen LogP contribution in [0.5, 0.6) is 0 Å². The van der Waals surface area contributed by atoms with E-state index in [1.165, 1.54) is 12.8 Å². The molecular weight excluding hydrogens is 440 g/mol. The molecule has 6 rings (SSSR count). The van der Waals surface area contributed by atoms with Crippen molar-refractivity contribution in [2.75, 3.05) is 6.61 Å².